The van der Waals surface area contributed by atoms with Gasteiger partial charge in [0.2, 0.25) is 4.80 Å². The molecule has 0 N–H and O–H groups in total. The number of fused-ring (bicyclic) bond motifs is 1. The molecule has 0 amide bonds. The average Bonchev–Trinajstić information content (AvgIpc) is 3.21. The molecule has 0 radical (unpaired) electrons. The first kappa shape index (κ1) is 19.5. The third-order valence-electron chi connectivity index (χ3n) is 4.96. The molecule has 0 atom stereocenters. The second kappa shape index (κ2) is 7.98. The van der Waals surface area contributed by atoms with E-state index in [4.69, 9.17) is 16.7 Å². The zero-order chi connectivity index (χ0) is 21.4. The van der Waals surface area contributed by atoms with Crippen LogP contribution in [0.25, 0.3) is 27.8 Å². The van der Waals surface area contributed by atoms with E-state index < -0.39 is 0 Å². The molecule has 0 bridgehead atoms. The monoisotopic (exact) mass is 444 g/mol. The molecule has 5 rings (SSSR count). The molecule has 7 heteroatoms. The van der Waals surface area contributed by atoms with Crippen LogP contribution in [0.2, 0.25) is 5.02 Å². The van der Waals surface area contributed by atoms with Gasteiger partial charge in [-0.15, -0.1) is 16.4 Å². The van der Waals surface area contributed by atoms with Crippen LogP contribution in [0.15, 0.2) is 94.1 Å². The number of para-hydroxylation sites is 1. The highest BCUT2D eigenvalue weighted by Crippen LogP contribution is 2.24. The maximum Gasteiger partial charge on any atom is 0.282 e. The van der Waals surface area contributed by atoms with Crippen LogP contribution in [0.3, 0.4) is 0 Å². The fourth-order valence-corrected chi connectivity index (χ4v) is 4.49. The quantitative estimate of drug-likeness (QED) is 0.382. The standard InChI is InChI=1S/C24H17ClN4OS/c1-16-26-21-10-6-5-9-20(21)23(30)29(16)27-24-28(19-13-11-18(25)12-14-19)22(15-31-24)17-7-3-2-4-8-17/h2-15H,1H3/b27-24+. The number of thiazole rings is 1. The van der Waals surface area contributed by atoms with Crippen molar-refractivity contribution in [1.82, 2.24) is 14.2 Å². The van der Waals surface area contributed by atoms with Crippen LogP contribution >= 0.6 is 22.9 Å². The smallest absolute Gasteiger partial charge is 0.282 e. The Kier molecular flexibility index (Phi) is 5.02. The molecule has 31 heavy (non-hydrogen) atoms. The summed E-state index contributed by atoms with van der Waals surface area (Å²) in [6, 6.07) is 24.9. The summed E-state index contributed by atoms with van der Waals surface area (Å²) in [6.07, 6.45) is 0. The van der Waals surface area contributed by atoms with Gasteiger partial charge in [-0.1, -0.05) is 54.1 Å². The van der Waals surface area contributed by atoms with E-state index in [1.807, 2.05) is 82.7 Å². The van der Waals surface area contributed by atoms with Gasteiger partial charge in [-0.2, -0.15) is 4.68 Å². The van der Waals surface area contributed by atoms with Gasteiger partial charge in [0.25, 0.3) is 5.56 Å². The van der Waals surface area contributed by atoms with E-state index >= 15 is 0 Å². The number of rotatable bonds is 3. The van der Waals surface area contributed by atoms with Gasteiger partial charge < -0.3 is 0 Å². The van der Waals surface area contributed by atoms with E-state index in [1.54, 1.807) is 13.0 Å². The van der Waals surface area contributed by atoms with E-state index in [9.17, 15) is 4.79 Å². The second-order valence-electron chi connectivity index (χ2n) is 6.97. The van der Waals surface area contributed by atoms with Crippen LogP contribution in [-0.4, -0.2) is 14.2 Å². The van der Waals surface area contributed by atoms with Gasteiger partial charge in [0.05, 0.1) is 16.6 Å². The number of benzene rings is 3. The van der Waals surface area contributed by atoms with Crippen molar-refractivity contribution < 1.29 is 0 Å². The SMILES string of the molecule is Cc1nc2ccccc2c(=O)n1/N=c1/scc(-c2ccccc2)n1-c1ccc(Cl)cc1. The fourth-order valence-electron chi connectivity index (χ4n) is 3.47. The molecule has 0 spiro atoms. The summed E-state index contributed by atoms with van der Waals surface area (Å²) < 4.78 is 3.40. The molecule has 0 aliphatic carbocycles. The number of halogens is 1. The molecular weight excluding hydrogens is 428 g/mol. The zero-order valence-electron chi connectivity index (χ0n) is 16.6. The molecule has 0 unspecified atom stereocenters. The highest BCUT2D eigenvalue weighted by Gasteiger charge is 2.12. The molecule has 0 saturated carbocycles. The molecule has 5 aromatic rings. The average molecular weight is 445 g/mol. The lowest BCUT2D eigenvalue weighted by Crippen LogP contribution is -2.25. The maximum absolute atomic E-state index is 13.1. The lowest BCUT2D eigenvalue weighted by Gasteiger charge is -2.10. The molecule has 0 aliphatic rings. The third-order valence-corrected chi connectivity index (χ3v) is 6.03. The largest absolute Gasteiger partial charge is 0.284 e. The van der Waals surface area contributed by atoms with Crippen molar-refractivity contribution in [3.05, 3.63) is 110 Å². The first-order valence-corrected chi connectivity index (χ1v) is 10.9. The highest BCUT2D eigenvalue weighted by molar-refractivity contribution is 7.07. The zero-order valence-corrected chi connectivity index (χ0v) is 18.1. The summed E-state index contributed by atoms with van der Waals surface area (Å²) in [6.45, 7) is 1.79. The van der Waals surface area contributed by atoms with Crippen molar-refractivity contribution in [1.29, 1.82) is 0 Å². The van der Waals surface area contributed by atoms with Gasteiger partial charge in [-0.25, -0.2) is 4.98 Å². The Hall–Kier alpha value is -3.48. The Morgan fingerprint density at radius 3 is 2.42 bits per heavy atom. The van der Waals surface area contributed by atoms with Crippen molar-refractivity contribution in [2.24, 2.45) is 5.10 Å². The molecule has 3 aromatic carbocycles. The van der Waals surface area contributed by atoms with Gasteiger partial charge in [0, 0.05) is 16.1 Å². The summed E-state index contributed by atoms with van der Waals surface area (Å²) in [5.74, 6) is 0.529. The Morgan fingerprint density at radius 2 is 1.65 bits per heavy atom. The van der Waals surface area contributed by atoms with Crippen molar-refractivity contribution in [2.75, 3.05) is 0 Å². The van der Waals surface area contributed by atoms with Gasteiger partial charge in [0.15, 0.2) is 0 Å². The van der Waals surface area contributed by atoms with Gasteiger partial charge in [0.1, 0.15) is 5.82 Å². The normalized spacial score (nSPS) is 11.9. The summed E-state index contributed by atoms with van der Waals surface area (Å²) in [5, 5.41) is 7.96. The summed E-state index contributed by atoms with van der Waals surface area (Å²) in [4.78, 5) is 18.3. The van der Waals surface area contributed by atoms with Gasteiger partial charge in [-0.05, 0) is 48.9 Å². The topological polar surface area (TPSA) is 52.2 Å². The van der Waals surface area contributed by atoms with Crippen molar-refractivity contribution in [3.63, 3.8) is 0 Å². The van der Waals surface area contributed by atoms with E-state index in [-0.39, 0.29) is 5.56 Å². The van der Waals surface area contributed by atoms with Gasteiger partial charge >= 0.3 is 0 Å². The fraction of sp³-hybridized carbons (Fsp3) is 0.0417. The Morgan fingerprint density at radius 1 is 0.935 bits per heavy atom. The molecule has 0 aliphatic heterocycles. The summed E-state index contributed by atoms with van der Waals surface area (Å²) >= 11 is 7.58. The molecule has 2 aromatic heterocycles. The Labute approximate surface area is 187 Å². The number of hydrogen-bond donors (Lipinski definition) is 0. The van der Waals surface area contributed by atoms with Gasteiger partial charge in [-0.3, -0.25) is 9.36 Å². The predicted molar refractivity (Wildman–Crippen MR) is 126 cm³/mol. The Balaban J connectivity index is 1.80. The number of hydrogen-bond acceptors (Lipinski definition) is 4. The second-order valence-corrected chi connectivity index (χ2v) is 8.25. The van der Waals surface area contributed by atoms with Crippen molar-refractivity contribution >= 4 is 33.8 Å². The van der Waals surface area contributed by atoms with E-state index in [0.717, 1.165) is 16.9 Å². The number of nitrogens with zero attached hydrogens (tertiary/aromatic N) is 4. The molecule has 5 nitrogen and oxygen atoms in total. The molecule has 0 saturated heterocycles. The predicted octanol–water partition coefficient (Wildman–Crippen LogP) is 5.24. The highest BCUT2D eigenvalue weighted by atomic mass is 35.5. The van der Waals surface area contributed by atoms with Crippen LogP contribution in [0, 0.1) is 6.92 Å². The summed E-state index contributed by atoms with van der Waals surface area (Å²) in [7, 11) is 0. The number of aromatic nitrogens is 3. The first-order chi connectivity index (χ1) is 15.1. The maximum atomic E-state index is 13.1. The van der Waals surface area contributed by atoms with E-state index in [2.05, 4.69) is 4.98 Å². The van der Waals surface area contributed by atoms with Crippen LogP contribution in [0.1, 0.15) is 5.82 Å². The third kappa shape index (κ3) is 3.60. The summed E-state index contributed by atoms with van der Waals surface area (Å²) in [5.41, 5.74) is 3.41. The lowest BCUT2D eigenvalue weighted by atomic mass is 10.1. The Bertz CT molecular complexity index is 1520. The van der Waals surface area contributed by atoms with Crippen LogP contribution in [0.5, 0.6) is 0 Å². The lowest BCUT2D eigenvalue weighted by molar-refractivity contribution is 0.727. The number of aryl methyl sites for hydroxylation is 1. The van der Waals surface area contributed by atoms with E-state index in [0.29, 0.717) is 26.6 Å². The minimum atomic E-state index is -0.194. The minimum Gasteiger partial charge on any atom is -0.284 e. The van der Waals surface area contributed by atoms with Crippen LogP contribution in [-0.2, 0) is 0 Å². The molecular formula is C24H17ClN4OS. The van der Waals surface area contributed by atoms with Crippen molar-refractivity contribution in [2.45, 2.75) is 6.92 Å². The van der Waals surface area contributed by atoms with Crippen molar-refractivity contribution in [3.8, 4) is 16.9 Å². The van der Waals surface area contributed by atoms with Crippen LogP contribution < -0.4 is 10.4 Å². The molecule has 0 fully saturated rings. The minimum absolute atomic E-state index is 0.194. The van der Waals surface area contributed by atoms with E-state index in [1.165, 1.54) is 16.0 Å². The van der Waals surface area contributed by atoms with Crippen LogP contribution in [0.4, 0.5) is 0 Å². The molecule has 2 heterocycles. The molecule has 152 valence electrons. The first-order valence-electron chi connectivity index (χ1n) is 9.67.